The molecule has 2 aliphatic rings. The number of fused-ring (bicyclic) bond motifs is 3. The van der Waals surface area contributed by atoms with Gasteiger partial charge in [-0.15, -0.1) is 0 Å². The first-order valence-electron chi connectivity index (χ1n) is 9.05. The maximum absolute atomic E-state index is 12.8. The second-order valence-electron chi connectivity index (χ2n) is 8.26. The van der Waals surface area contributed by atoms with Crippen molar-refractivity contribution in [2.24, 2.45) is 17.3 Å². The van der Waals surface area contributed by atoms with Gasteiger partial charge in [-0.3, -0.25) is 4.79 Å². The third-order valence-electron chi connectivity index (χ3n) is 5.77. The lowest BCUT2D eigenvalue weighted by molar-refractivity contribution is -0.118. The zero-order valence-corrected chi connectivity index (χ0v) is 15.4. The molecule has 2 atom stereocenters. The molecule has 1 fully saturated rings. The van der Waals surface area contributed by atoms with Crippen molar-refractivity contribution in [3.05, 3.63) is 65.2 Å². The average Bonchev–Trinajstić information content (AvgIpc) is 2.91. The van der Waals surface area contributed by atoms with Crippen molar-refractivity contribution in [3.63, 3.8) is 0 Å². The largest absolute Gasteiger partial charge is 0.326 e. The summed E-state index contributed by atoms with van der Waals surface area (Å²) in [5.74, 6) is 0.548. The van der Waals surface area contributed by atoms with Crippen LogP contribution in [-0.4, -0.2) is 5.91 Å². The monoisotopic (exact) mass is 331 g/mol. The van der Waals surface area contributed by atoms with Gasteiger partial charge in [0.25, 0.3) is 0 Å². The Hall–Kier alpha value is -2.35. The van der Waals surface area contributed by atoms with E-state index < -0.39 is 0 Å². The molecule has 2 nitrogen and oxygen atoms in total. The summed E-state index contributed by atoms with van der Waals surface area (Å²) in [6, 6.07) is 14.8. The van der Waals surface area contributed by atoms with E-state index in [4.69, 9.17) is 0 Å². The van der Waals surface area contributed by atoms with Crippen molar-refractivity contribution >= 4 is 11.6 Å². The fourth-order valence-electron chi connectivity index (χ4n) is 4.29. The summed E-state index contributed by atoms with van der Waals surface area (Å²) in [6.45, 7) is 8.56. The first kappa shape index (κ1) is 16.1. The molecular weight excluding hydrogens is 306 g/mol. The zero-order chi connectivity index (χ0) is 17.8. The number of benzene rings is 2. The molecule has 25 heavy (non-hydrogen) atoms. The van der Waals surface area contributed by atoms with E-state index >= 15 is 0 Å². The number of carbonyl (C=O) groups excluding carboxylic acids is 1. The van der Waals surface area contributed by atoms with Gasteiger partial charge in [-0.1, -0.05) is 55.8 Å². The normalized spacial score (nSPS) is 21.9. The molecule has 128 valence electrons. The van der Waals surface area contributed by atoms with Gasteiger partial charge in [0.1, 0.15) is 0 Å². The van der Waals surface area contributed by atoms with Gasteiger partial charge in [0.2, 0.25) is 5.91 Å². The Balaban J connectivity index is 1.53. The number of allylic oxidation sites excluding steroid dienone is 2. The Bertz CT molecular complexity index is 887. The third-order valence-corrected chi connectivity index (χ3v) is 5.77. The predicted molar refractivity (Wildman–Crippen MR) is 104 cm³/mol. The molecule has 1 N–H and O–H groups in total. The number of rotatable bonds is 3. The summed E-state index contributed by atoms with van der Waals surface area (Å²) < 4.78 is 0. The Morgan fingerprint density at radius 3 is 2.56 bits per heavy atom. The van der Waals surface area contributed by atoms with Crippen LogP contribution in [0.15, 0.2) is 54.1 Å². The van der Waals surface area contributed by atoms with Gasteiger partial charge in [0.05, 0.1) is 5.92 Å². The third kappa shape index (κ3) is 2.70. The number of hydrogen-bond donors (Lipinski definition) is 1. The summed E-state index contributed by atoms with van der Waals surface area (Å²) in [4.78, 5) is 12.8. The van der Waals surface area contributed by atoms with Crippen LogP contribution in [0.3, 0.4) is 0 Å². The Morgan fingerprint density at radius 2 is 1.80 bits per heavy atom. The van der Waals surface area contributed by atoms with E-state index in [0.29, 0.717) is 5.92 Å². The summed E-state index contributed by atoms with van der Waals surface area (Å²) in [5, 5.41) is 3.15. The summed E-state index contributed by atoms with van der Waals surface area (Å²) >= 11 is 0. The van der Waals surface area contributed by atoms with Crippen LogP contribution in [0.5, 0.6) is 0 Å². The number of carbonyl (C=O) groups is 1. The minimum atomic E-state index is 0.0499. The number of amides is 1. The molecule has 0 heterocycles. The fourth-order valence-corrected chi connectivity index (χ4v) is 4.29. The van der Waals surface area contributed by atoms with E-state index in [2.05, 4.69) is 75.5 Å². The van der Waals surface area contributed by atoms with Crippen LogP contribution >= 0.6 is 0 Å². The van der Waals surface area contributed by atoms with Crippen LogP contribution in [0.1, 0.15) is 38.8 Å². The molecule has 0 aromatic heterocycles. The standard InChI is InChI=1S/C23H25NO/c1-14(2)11-20-21(23(20,3)4)22(25)24-17-9-10-19-16(13-17)12-15-7-5-6-8-18(15)19/h5-11,13,20-21H,12H2,1-4H3,(H,24,25). The molecule has 0 saturated heterocycles. The van der Waals surface area contributed by atoms with E-state index in [1.54, 1.807) is 0 Å². The van der Waals surface area contributed by atoms with Gasteiger partial charge in [-0.25, -0.2) is 0 Å². The highest BCUT2D eigenvalue weighted by Gasteiger charge is 2.60. The minimum absolute atomic E-state index is 0.0499. The number of hydrogen-bond acceptors (Lipinski definition) is 1. The highest BCUT2D eigenvalue weighted by molar-refractivity contribution is 5.96. The van der Waals surface area contributed by atoms with Gasteiger partial charge in [-0.2, -0.15) is 0 Å². The average molecular weight is 331 g/mol. The van der Waals surface area contributed by atoms with E-state index in [1.807, 2.05) is 6.07 Å². The minimum Gasteiger partial charge on any atom is -0.326 e. The lowest BCUT2D eigenvalue weighted by atomic mass is 10.1. The molecule has 2 unspecified atom stereocenters. The zero-order valence-electron chi connectivity index (χ0n) is 15.4. The lowest BCUT2D eigenvalue weighted by Crippen LogP contribution is -2.17. The van der Waals surface area contributed by atoms with Gasteiger partial charge >= 0.3 is 0 Å². The highest BCUT2D eigenvalue weighted by atomic mass is 16.2. The second kappa shape index (κ2) is 5.59. The highest BCUT2D eigenvalue weighted by Crippen LogP contribution is 2.59. The smallest absolute Gasteiger partial charge is 0.228 e. The van der Waals surface area contributed by atoms with Crippen LogP contribution < -0.4 is 5.32 Å². The first-order valence-corrected chi connectivity index (χ1v) is 9.05. The van der Waals surface area contributed by atoms with Crippen molar-refractivity contribution in [2.75, 3.05) is 5.32 Å². The molecular formula is C23H25NO. The molecule has 0 bridgehead atoms. The molecule has 0 spiro atoms. The molecule has 1 amide bonds. The maximum atomic E-state index is 12.8. The molecule has 2 aliphatic carbocycles. The molecule has 2 aromatic carbocycles. The van der Waals surface area contributed by atoms with Gasteiger partial charge in [-0.05, 0) is 66.0 Å². The lowest BCUT2D eigenvalue weighted by Gasteiger charge is -2.08. The molecule has 0 aliphatic heterocycles. The van der Waals surface area contributed by atoms with Crippen molar-refractivity contribution in [3.8, 4) is 11.1 Å². The van der Waals surface area contributed by atoms with Crippen molar-refractivity contribution < 1.29 is 4.79 Å². The van der Waals surface area contributed by atoms with Crippen LogP contribution in [0.4, 0.5) is 5.69 Å². The topological polar surface area (TPSA) is 29.1 Å². The van der Waals surface area contributed by atoms with E-state index in [0.717, 1.165) is 12.1 Å². The van der Waals surface area contributed by atoms with Crippen molar-refractivity contribution in [1.29, 1.82) is 0 Å². The van der Waals surface area contributed by atoms with Crippen LogP contribution in [0.25, 0.3) is 11.1 Å². The predicted octanol–water partition coefficient (Wildman–Crippen LogP) is 5.43. The molecule has 2 heteroatoms. The fraction of sp³-hybridized carbons (Fsp3) is 0.348. The van der Waals surface area contributed by atoms with Crippen molar-refractivity contribution in [1.82, 2.24) is 0 Å². The Morgan fingerprint density at radius 1 is 1.08 bits per heavy atom. The molecule has 4 rings (SSSR count). The van der Waals surface area contributed by atoms with Crippen LogP contribution in [0, 0.1) is 17.3 Å². The van der Waals surface area contributed by atoms with Crippen LogP contribution in [0.2, 0.25) is 0 Å². The number of nitrogens with one attached hydrogen (secondary N) is 1. The Kier molecular flexibility index (Phi) is 3.61. The SMILES string of the molecule is CC(C)=CC1C(C(=O)Nc2ccc3c(c2)Cc2ccccc2-3)C1(C)C. The second-order valence-corrected chi connectivity index (χ2v) is 8.26. The van der Waals surface area contributed by atoms with Crippen molar-refractivity contribution in [2.45, 2.75) is 34.1 Å². The molecule has 0 radical (unpaired) electrons. The van der Waals surface area contributed by atoms with Gasteiger partial charge in [0.15, 0.2) is 0 Å². The van der Waals surface area contributed by atoms with Gasteiger partial charge < -0.3 is 5.32 Å². The maximum Gasteiger partial charge on any atom is 0.228 e. The summed E-state index contributed by atoms with van der Waals surface area (Å²) in [5.41, 5.74) is 7.53. The van der Waals surface area contributed by atoms with Crippen LogP contribution in [-0.2, 0) is 11.2 Å². The number of anilines is 1. The van der Waals surface area contributed by atoms with E-state index in [-0.39, 0.29) is 17.2 Å². The Labute approximate surface area is 150 Å². The van der Waals surface area contributed by atoms with E-state index in [1.165, 1.54) is 27.8 Å². The molecule has 1 saturated carbocycles. The van der Waals surface area contributed by atoms with Gasteiger partial charge in [0, 0.05) is 5.69 Å². The molecule has 2 aromatic rings. The first-order chi connectivity index (χ1) is 11.9. The quantitative estimate of drug-likeness (QED) is 0.637. The van der Waals surface area contributed by atoms with E-state index in [9.17, 15) is 4.79 Å². The summed E-state index contributed by atoms with van der Waals surface area (Å²) in [6.07, 6.45) is 3.19. The summed E-state index contributed by atoms with van der Waals surface area (Å²) in [7, 11) is 0.